The molecule has 0 bridgehead atoms. The van der Waals surface area contributed by atoms with E-state index in [1.807, 2.05) is 4.90 Å². The Morgan fingerprint density at radius 3 is 2.41 bits per heavy atom. The van der Waals surface area contributed by atoms with Crippen molar-refractivity contribution in [2.45, 2.75) is 89.3 Å². The van der Waals surface area contributed by atoms with Gasteiger partial charge in [-0.1, -0.05) is 63.8 Å². The van der Waals surface area contributed by atoms with E-state index in [0.717, 1.165) is 31.4 Å². The van der Waals surface area contributed by atoms with Crippen molar-refractivity contribution in [2.75, 3.05) is 13.1 Å². The number of likely N-dealkylation sites (tertiary alicyclic amines) is 1. The molecule has 0 spiro atoms. The molecule has 150 valence electrons. The number of piperidine rings is 1. The van der Waals surface area contributed by atoms with Crippen LogP contribution in [0.2, 0.25) is 0 Å². The van der Waals surface area contributed by atoms with Gasteiger partial charge < -0.3 is 15.3 Å². The van der Waals surface area contributed by atoms with Crippen LogP contribution in [0.3, 0.4) is 0 Å². The van der Waals surface area contributed by atoms with Gasteiger partial charge in [0.25, 0.3) is 5.91 Å². The van der Waals surface area contributed by atoms with Crippen LogP contribution in [0.5, 0.6) is 0 Å². The lowest BCUT2D eigenvalue weighted by Gasteiger charge is -2.39. The van der Waals surface area contributed by atoms with Gasteiger partial charge in [-0.15, -0.1) is 0 Å². The van der Waals surface area contributed by atoms with Crippen LogP contribution in [0.4, 0.5) is 0 Å². The lowest BCUT2D eigenvalue weighted by Crippen LogP contribution is -2.58. The molecule has 1 aromatic carbocycles. The van der Waals surface area contributed by atoms with Crippen molar-refractivity contribution >= 4 is 5.91 Å². The van der Waals surface area contributed by atoms with Crippen LogP contribution >= 0.6 is 0 Å². The predicted octanol–water partition coefficient (Wildman–Crippen LogP) is 3.98. The number of carbonyl (C=O) groups is 1. The Kier molecular flexibility index (Phi) is 6.93. The second-order valence-corrected chi connectivity index (χ2v) is 8.83. The molecule has 1 saturated carbocycles. The second-order valence-electron chi connectivity index (χ2n) is 8.83. The minimum absolute atomic E-state index is 0.109. The third-order valence-corrected chi connectivity index (χ3v) is 6.26. The number of benzene rings is 1. The Morgan fingerprint density at radius 1 is 1.11 bits per heavy atom. The molecule has 2 fully saturated rings. The molecule has 1 amide bonds. The largest absolute Gasteiger partial charge is 0.379 e. The first kappa shape index (κ1) is 20.3. The highest BCUT2D eigenvalue weighted by molar-refractivity contribution is 5.86. The van der Waals surface area contributed by atoms with Crippen molar-refractivity contribution in [3.8, 4) is 0 Å². The maximum atomic E-state index is 13.0. The maximum Gasteiger partial charge on any atom is 0.256 e. The molecule has 0 radical (unpaired) electrons. The molecule has 0 aromatic heterocycles. The van der Waals surface area contributed by atoms with Crippen molar-refractivity contribution in [1.82, 2.24) is 10.2 Å². The Balaban J connectivity index is 1.58. The number of nitrogens with one attached hydrogen (secondary N) is 1. The van der Waals surface area contributed by atoms with Crippen molar-refractivity contribution in [1.29, 1.82) is 0 Å². The number of aliphatic hydroxyl groups is 1. The van der Waals surface area contributed by atoms with Crippen molar-refractivity contribution < 1.29 is 9.90 Å². The van der Waals surface area contributed by atoms with E-state index >= 15 is 0 Å². The zero-order valence-corrected chi connectivity index (χ0v) is 17.0. The maximum absolute atomic E-state index is 13.0. The minimum atomic E-state index is -1.25. The fourth-order valence-electron chi connectivity index (χ4n) is 4.41. The van der Waals surface area contributed by atoms with E-state index in [1.165, 1.54) is 31.2 Å². The summed E-state index contributed by atoms with van der Waals surface area (Å²) in [5.74, 6) is 0.402. The summed E-state index contributed by atoms with van der Waals surface area (Å²) < 4.78 is 0. The number of carbonyl (C=O) groups excluding carboxylic acids is 1. The van der Waals surface area contributed by atoms with Crippen LogP contribution in [0.15, 0.2) is 24.3 Å². The first-order valence-corrected chi connectivity index (χ1v) is 10.8. The van der Waals surface area contributed by atoms with Gasteiger partial charge in [-0.25, -0.2) is 0 Å². The molecule has 27 heavy (non-hydrogen) atoms. The second kappa shape index (κ2) is 9.20. The summed E-state index contributed by atoms with van der Waals surface area (Å²) >= 11 is 0. The quantitative estimate of drug-likeness (QED) is 0.743. The SMILES string of the molecule is CC(C)c1ccc(CN2CCCC(O)(CNC3CCCCCC3)C2=O)cc1. The Bertz CT molecular complexity index is 605. The van der Waals surface area contributed by atoms with Gasteiger partial charge in [-0.3, -0.25) is 4.79 Å². The first-order valence-electron chi connectivity index (χ1n) is 10.8. The average molecular weight is 373 g/mol. The van der Waals surface area contributed by atoms with Crippen LogP contribution in [0.1, 0.15) is 82.3 Å². The Labute approximate surface area is 164 Å². The highest BCUT2D eigenvalue weighted by Crippen LogP contribution is 2.25. The van der Waals surface area contributed by atoms with Crippen LogP contribution in [0, 0.1) is 0 Å². The van der Waals surface area contributed by atoms with Gasteiger partial charge in [0.2, 0.25) is 0 Å². The molecule has 1 aliphatic heterocycles. The topological polar surface area (TPSA) is 52.6 Å². The number of rotatable bonds is 6. The van der Waals surface area contributed by atoms with Gasteiger partial charge >= 0.3 is 0 Å². The summed E-state index contributed by atoms with van der Waals surface area (Å²) in [7, 11) is 0. The monoisotopic (exact) mass is 372 g/mol. The van der Waals surface area contributed by atoms with E-state index in [9.17, 15) is 9.90 Å². The third-order valence-electron chi connectivity index (χ3n) is 6.26. The van der Waals surface area contributed by atoms with Gasteiger partial charge in [0.1, 0.15) is 0 Å². The highest BCUT2D eigenvalue weighted by Gasteiger charge is 2.42. The standard InChI is InChI=1S/C23H36N2O2/c1-18(2)20-12-10-19(11-13-20)16-25-15-7-14-23(27,22(25)26)17-24-21-8-5-3-4-6-9-21/h10-13,18,21,24,27H,3-9,14-17H2,1-2H3. The summed E-state index contributed by atoms with van der Waals surface area (Å²) in [5.41, 5.74) is 1.20. The molecule has 4 heteroatoms. The molecule has 1 atom stereocenters. The molecule has 2 aliphatic rings. The molecule has 2 N–H and O–H groups in total. The minimum Gasteiger partial charge on any atom is -0.379 e. The molecule has 1 unspecified atom stereocenters. The lowest BCUT2D eigenvalue weighted by atomic mass is 9.90. The average Bonchev–Trinajstić information content (AvgIpc) is 2.93. The van der Waals surface area contributed by atoms with Crippen molar-refractivity contribution in [3.05, 3.63) is 35.4 Å². The number of hydrogen-bond acceptors (Lipinski definition) is 3. The van der Waals surface area contributed by atoms with Crippen molar-refractivity contribution in [2.24, 2.45) is 0 Å². The number of amides is 1. The molecule has 4 nitrogen and oxygen atoms in total. The fraction of sp³-hybridized carbons (Fsp3) is 0.696. The predicted molar refractivity (Wildman–Crippen MR) is 110 cm³/mol. The lowest BCUT2D eigenvalue weighted by molar-refractivity contribution is -0.157. The third kappa shape index (κ3) is 5.32. The number of nitrogens with zero attached hydrogens (tertiary/aromatic N) is 1. The van der Waals surface area contributed by atoms with Crippen LogP contribution < -0.4 is 5.32 Å². The molecule has 1 aliphatic carbocycles. The summed E-state index contributed by atoms with van der Waals surface area (Å²) in [6.45, 7) is 6.08. The fourth-order valence-corrected chi connectivity index (χ4v) is 4.41. The molecule has 1 saturated heterocycles. The summed E-state index contributed by atoms with van der Waals surface area (Å²) in [6, 6.07) is 8.96. The smallest absolute Gasteiger partial charge is 0.256 e. The molecular weight excluding hydrogens is 336 g/mol. The molecule has 1 aromatic rings. The Morgan fingerprint density at radius 2 is 1.78 bits per heavy atom. The molecular formula is C23H36N2O2. The molecule has 3 rings (SSSR count). The van der Waals surface area contributed by atoms with E-state index < -0.39 is 5.60 Å². The van der Waals surface area contributed by atoms with Crippen molar-refractivity contribution in [3.63, 3.8) is 0 Å². The van der Waals surface area contributed by atoms with E-state index in [4.69, 9.17) is 0 Å². The highest BCUT2D eigenvalue weighted by atomic mass is 16.3. The van der Waals surface area contributed by atoms with Crippen LogP contribution in [-0.4, -0.2) is 40.6 Å². The zero-order chi connectivity index (χ0) is 19.3. The van der Waals surface area contributed by atoms with Gasteiger partial charge in [0.15, 0.2) is 5.60 Å². The van der Waals surface area contributed by atoms with Gasteiger partial charge in [0.05, 0.1) is 0 Å². The van der Waals surface area contributed by atoms with Gasteiger partial charge in [-0.05, 0) is 42.7 Å². The molecule has 1 heterocycles. The van der Waals surface area contributed by atoms with Gasteiger partial charge in [0, 0.05) is 25.7 Å². The number of hydrogen-bond donors (Lipinski definition) is 2. The summed E-state index contributed by atoms with van der Waals surface area (Å²) in [5, 5.41) is 14.6. The first-order chi connectivity index (χ1) is 13.0. The van der Waals surface area contributed by atoms with E-state index in [-0.39, 0.29) is 5.91 Å². The van der Waals surface area contributed by atoms with Crippen LogP contribution in [-0.2, 0) is 11.3 Å². The van der Waals surface area contributed by atoms with Crippen LogP contribution in [0.25, 0.3) is 0 Å². The summed E-state index contributed by atoms with van der Waals surface area (Å²) in [6.07, 6.45) is 8.87. The normalized spacial score (nSPS) is 25.0. The van der Waals surface area contributed by atoms with E-state index in [1.54, 1.807) is 0 Å². The summed E-state index contributed by atoms with van der Waals surface area (Å²) in [4.78, 5) is 14.8. The van der Waals surface area contributed by atoms with Gasteiger partial charge in [-0.2, -0.15) is 0 Å². The Hall–Kier alpha value is -1.39. The van der Waals surface area contributed by atoms with E-state index in [2.05, 4.69) is 43.4 Å². The zero-order valence-electron chi connectivity index (χ0n) is 17.0. The van der Waals surface area contributed by atoms with E-state index in [0.29, 0.717) is 31.5 Å².